The molecule has 0 saturated carbocycles. The highest BCUT2D eigenvalue weighted by molar-refractivity contribution is 8.07. The number of hydrogen-bond donors (Lipinski definition) is 2. The second-order valence-corrected chi connectivity index (χ2v) is 9.91. The average Bonchev–Trinajstić information content (AvgIpc) is 3.33. The van der Waals surface area contributed by atoms with Crippen LogP contribution in [0.25, 0.3) is 0 Å². The van der Waals surface area contributed by atoms with Gasteiger partial charge in [-0.1, -0.05) is 29.2 Å². The van der Waals surface area contributed by atoms with Gasteiger partial charge in [0, 0.05) is 15.5 Å². The molecule has 0 bridgehead atoms. The molecule has 4 rings (SSSR count). The minimum Gasteiger partial charge on any atom is -0.477 e. The minimum atomic E-state index is -1.16. The second kappa shape index (κ2) is 7.62. The molecule has 27 heavy (non-hydrogen) atoms. The summed E-state index contributed by atoms with van der Waals surface area (Å²) in [5, 5.41) is 21.5. The number of thiophene rings is 1. The number of carbonyl (C=O) groups is 3. The number of nitrogens with one attached hydrogen (secondary N) is 1. The Kier molecular flexibility index (Phi) is 5.21. The van der Waals surface area contributed by atoms with Crippen LogP contribution in [0.3, 0.4) is 0 Å². The third-order valence-corrected chi connectivity index (χ3v) is 8.12. The van der Waals surface area contributed by atoms with Crippen LogP contribution in [-0.4, -0.2) is 55.2 Å². The molecule has 140 valence electrons. The van der Waals surface area contributed by atoms with Crippen molar-refractivity contribution in [1.82, 2.24) is 20.4 Å². The van der Waals surface area contributed by atoms with E-state index in [4.69, 9.17) is 0 Å². The molecule has 2 amide bonds. The van der Waals surface area contributed by atoms with Crippen molar-refractivity contribution in [3.8, 4) is 0 Å². The number of amides is 2. The summed E-state index contributed by atoms with van der Waals surface area (Å²) in [5.41, 5.74) is 1.53. The van der Waals surface area contributed by atoms with Gasteiger partial charge in [0.15, 0.2) is 4.34 Å². The van der Waals surface area contributed by atoms with Gasteiger partial charge >= 0.3 is 5.97 Å². The molecule has 4 heterocycles. The van der Waals surface area contributed by atoms with Crippen molar-refractivity contribution in [1.29, 1.82) is 0 Å². The van der Waals surface area contributed by atoms with Crippen molar-refractivity contribution in [2.75, 3.05) is 5.75 Å². The normalized spacial score (nSPS) is 21.6. The summed E-state index contributed by atoms with van der Waals surface area (Å²) in [4.78, 5) is 39.3. The van der Waals surface area contributed by atoms with Gasteiger partial charge in [0.25, 0.3) is 5.91 Å². The Bertz CT molecular complexity index is 912. The smallest absolute Gasteiger partial charge is 0.353 e. The molecule has 2 aromatic heterocycles. The van der Waals surface area contributed by atoms with E-state index in [0.29, 0.717) is 15.0 Å². The fourth-order valence-electron chi connectivity index (χ4n) is 2.78. The van der Waals surface area contributed by atoms with Gasteiger partial charge in [0.2, 0.25) is 5.91 Å². The first kappa shape index (κ1) is 18.5. The van der Waals surface area contributed by atoms with E-state index < -0.39 is 23.3 Å². The molecule has 0 unspecified atom stereocenters. The molecule has 1 fully saturated rings. The second-order valence-electron chi connectivity index (χ2n) is 5.59. The van der Waals surface area contributed by atoms with E-state index in [9.17, 15) is 19.5 Å². The zero-order valence-electron chi connectivity index (χ0n) is 13.5. The molecule has 0 radical (unpaired) electrons. The molecule has 1 saturated heterocycles. The van der Waals surface area contributed by atoms with E-state index in [2.05, 4.69) is 15.5 Å². The highest BCUT2D eigenvalue weighted by Gasteiger charge is 2.54. The molecule has 12 heteroatoms. The van der Waals surface area contributed by atoms with Gasteiger partial charge in [-0.05, 0) is 11.4 Å². The Morgan fingerprint density at radius 1 is 1.41 bits per heavy atom. The lowest BCUT2D eigenvalue weighted by atomic mass is 10.0. The molecule has 8 nitrogen and oxygen atoms in total. The third kappa shape index (κ3) is 3.61. The molecule has 0 aliphatic carbocycles. The zero-order valence-corrected chi connectivity index (χ0v) is 16.8. The standard InChI is InChI=1S/C15H12N4O4S4/c20-9(4-7-2-1-3-24-7)17-10-12(21)19-11(14(22)23)8(5-25-13(10)19)27-15-18-16-6-26-15/h1-3,6,10,13H,4-5H2,(H,17,20)(H,22,23)/t10-,13+/m1/s1. The predicted molar refractivity (Wildman–Crippen MR) is 103 cm³/mol. The summed E-state index contributed by atoms with van der Waals surface area (Å²) in [6.07, 6.45) is 0.207. The number of carbonyl (C=O) groups excluding carboxylic acids is 2. The Labute approximate surface area is 170 Å². The lowest BCUT2D eigenvalue weighted by Gasteiger charge is -2.49. The topological polar surface area (TPSA) is 112 Å². The van der Waals surface area contributed by atoms with Crippen LogP contribution < -0.4 is 5.32 Å². The fourth-order valence-corrected chi connectivity index (χ4v) is 6.60. The number of aliphatic carboxylic acids is 1. The molecule has 2 aliphatic rings. The largest absolute Gasteiger partial charge is 0.477 e. The number of nitrogens with zero attached hydrogens (tertiary/aromatic N) is 3. The molecule has 0 spiro atoms. The molecule has 0 aromatic carbocycles. The molecule has 2 atom stereocenters. The molecule has 2 aromatic rings. The summed E-state index contributed by atoms with van der Waals surface area (Å²) < 4.78 is 0.622. The van der Waals surface area contributed by atoms with Crippen molar-refractivity contribution in [2.24, 2.45) is 0 Å². The first-order valence-corrected chi connectivity index (χ1v) is 11.3. The quantitative estimate of drug-likeness (QED) is 0.652. The maximum atomic E-state index is 12.6. The maximum absolute atomic E-state index is 12.6. The van der Waals surface area contributed by atoms with E-state index in [1.165, 1.54) is 51.1 Å². The summed E-state index contributed by atoms with van der Waals surface area (Å²) in [7, 11) is 0. The maximum Gasteiger partial charge on any atom is 0.353 e. The van der Waals surface area contributed by atoms with Crippen LogP contribution in [0.1, 0.15) is 4.88 Å². The Morgan fingerprint density at radius 3 is 2.93 bits per heavy atom. The number of β-lactam (4-membered cyclic amide) rings is 1. The number of fused-ring (bicyclic) bond motifs is 1. The van der Waals surface area contributed by atoms with Crippen molar-refractivity contribution >= 4 is 64.0 Å². The van der Waals surface area contributed by atoms with Crippen molar-refractivity contribution in [3.05, 3.63) is 38.5 Å². The van der Waals surface area contributed by atoms with Gasteiger partial charge in [-0.3, -0.25) is 14.5 Å². The Morgan fingerprint density at radius 2 is 2.26 bits per heavy atom. The van der Waals surface area contributed by atoms with Gasteiger partial charge in [0.05, 0.1) is 6.42 Å². The van der Waals surface area contributed by atoms with Crippen LogP contribution in [0, 0.1) is 0 Å². The number of aromatic nitrogens is 2. The first-order valence-electron chi connectivity index (χ1n) is 7.71. The summed E-state index contributed by atoms with van der Waals surface area (Å²) in [6, 6.07) is 3.02. The molecule has 2 N–H and O–H groups in total. The number of rotatable bonds is 6. The van der Waals surface area contributed by atoms with E-state index in [0.717, 1.165) is 4.88 Å². The highest BCUT2D eigenvalue weighted by atomic mass is 32.2. The predicted octanol–water partition coefficient (Wildman–Crippen LogP) is 1.63. The minimum absolute atomic E-state index is 0.0345. The van der Waals surface area contributed by atoms with Crippen LogP contribution in [-0.2, 0) is 20.8 Å². The Balaban J connectivity index is 1.48. The number of hydrogen-bond acceptors (Lipinski definition) is 9. The molecular weight excluding hydrogens is 428 g/mol. The van der Waals surface area contributed by atoms with E-state index in [1.54, 1.807) is 5.51 Å². The summed E-state index contributed by atoms with van der Waals surface area (Å²) in [6.45, 7) is 0. The van der Waals surface area contributed by atoms with Gasteiger partial charge in [-0.15, -0.1) is 33.3 Å². The lowest BCUT2D eigenvalue weighted by Crippen LogP contribution is -2.70. The molecular formula is C15H12N4O4S4. The summed E-state index contributed by atoms with van der Waals surface area (Å²) >= 11 is 5.42. The van der Waals surface area contributed by atoms with Crippen LogP contribution in [0.15, 0.2) is 38.0 Å². The third-order valence-electron chi connectivity index (χ3n) is 3.92. The van der Waals surface area contributed by atoms with E-state index in [-0.39, 0.29) is 18.0 Å². The fraction of sp³-hybridized carbons (Fsp3) is 0.267. The van der Waals surface area contributed by atoms with Crippen molar-refractivity contribution < 1.29 is 19.5 Å². The Hall–Kier alpha value is -1.89. The summed E-state index contributed by atoms with van der Waals surface area (Å²) in [5.74, 6) is -1.38. The monoisotopic (exact) mass is 440 g/mol. The zero-order chi connectivity index (χ0) is 19.0. The number of thioether (sulfide) groups is 2. The van der Waals surface area contributed by atoms with Crippen LogP contribution in [0.2, 0.25) is 0 Å². The average molecular weight is 441 g/mol. The van der Waals surface area contributed by atoms with Gasteiger partial charge in [0.1, 0.15) is 22.6 Å². The van der Waals surface area contributed by atoms with Crippen molar-refractivity contribution in [3.63, 3.8) is 0 Å². The van der Waals surface area contributed by atoms with Gasteiger partial charge in [-0.2, -0.15) is 0 Å². The number of carboxylic acid groups (broad SMARTS) is 1. The lowest BCUT2D eigenvalue weighted by molar-refractivity contribution is -0.150. The first-order chi connectivity index (χ1) is 13.0. The SMILES string of the molecule is O=C(Cc1cccs1)N[C@@H]1C(=O)N2C(C(=O)O)=C(Sc3nncs3)CS[C@@H]12. The van der Waals surface area contributed by atoms with E-state index >= 15 is 0 Å². The molecule has 2 aliphatic heterocycles. The van der Waals surface area contributed by atoms with Gasteiger partial charge in [-0.25, -0.2) is 4.79 Å². The van der Waals surface area contributed by atoms with E-state index in [1.807, 2.05) is 17.5 Å². The van der Waals surface area contributed by atoms with Crippen LogP contribution in [0.4, 0.5) is 0 Å². The van der Waals surface area contributed by atoms with Gasteiger partial charge < -0.3 is 10.4 Å². The highest BCUT2D eigenvalue weighted by Crippen LogP contribution is 2.45. The number of carboxylic acids is 1. The van der Waals surface area contributed by atoms with Crippen LogP contribution in [0.5, 0.6) is 0 Å². The van der Waals surface area contributed by atoms with Crippen molar-refractivity contribution in [2.45, 2.75) is 22.2 Å². The van der Waals surface area contributed by atoms with Crippen LogP contribution >= 0.6 is 46.2 Å².